The van der Waals surface area contributed by atoms with Crippen LogP contribution in [0.3, 0.4) is 0 Å². The molecule has 0 spiro atoms. The highest BCUT2D eigenvalue weighted by Gasteiger charge is 2.52. The lowest BCUT2D eigenvalue weighted by Crippen LogP contribution is -2.62. The van der Waals surface area contributed by atoms with Crippen LogP contribution >= 0.6 is 0 Å². The molecule has 5 amide bonds. The van der Waals surface area contributed by atoms with Crippen LogP contribution in [0.1, 0.15) is 121 Å². The Labute approximate surface area is 319 Å². The monoisotopic (exact) mass is 745 g/mol. The molecule has 2 heterocycles. The fourth-order valence-corrected chi connectivity index (χ4v) is 8.61. The lowest BCUT2D eigenvalue weighted by Gasteiger charge is -2.38. The van der Waals surface area contributed by atoms with E-state index < -0.39 is 59.3 Å². The second-order valence-corrected chi connectivity index (χ2v) is 16.5. The third-order valence-electron chi connectivity index (χ3n) is 11.6. The van der Waals surface area contributed by atoms with Crippen molar-refractivity contribution in [3.05, 3.63) is 60.2 Å². The number of aliphatic hydroxyl groups excluding tert-OH is 1. The molecule has 0 bridgehead atoms. The van der Waals surface area contributed by atoms with Crippen LogP contribution in [0.15, 0.2) is 48.9 Å². The molecule has 1 saturated heterocycles. The van der Waals surface area contributed by atoms with E-state index >= 15 is 0 Å². The first-order chi connectivity index (χ1) is 25.8. The molecule has 13 nitrogen and oxygen atoms in total. The van der Waals surface area contributed by atoms with Crippen molar-refractivity contribution in [3.63, 3.8) is 0 Å². The van der Waals surface area contributed by atoms with Crippen LogP contribution in [-0.2, 0) is 19.2 Å². The van der Waals surface area contributed by atoms with Gasteiger partial charge in [0.1, 0.15) is 23.8 Å². The van der Waals surface area contributed by atoms with Crippen LogP contribution in [-0.4, -0.2) is 86.3 Å². The largest absolute Gasteiger partial charge is 0.381 e. The van der Waals surface area contributed by atoms with Gasteiger partial charge >= 0.3 is 0 Å². The number of hydrogen-bond acceptors (Lipinski definition) is 8. The molecule has 5 N–H and O–H groups in total. The summed E-state index contributed by atoms with van der Waals surface area (Å²) in [6.45, 7) is 9.75. The van der Waals surface area contributed by atoms with Crippen LogP contribution in [0.5, 0.6) is 0 Å². The topological polar surface area (TPSA) is 183 Å². The zero-order chi connectivity index (χ0) is 39.0. The summed E-state index contributed by atoms with van der Waals surface area (Å²) in [5.41, 5.74) is 0.244. The summed E-state index contributed by atoms with van der Waals surface area (Å²) in [6, 6.07) is 5.51. The first kappa shape index (κ1) is 40.8. The first-order valence-corrected chi connectivity index (χ1v) is 19.8. The van der Waals surface area contributed by atoms with Gasteiger partial charge in [-0.2, -0.15) is 0 Å². The minimum atomic E-state index is -1.50. The van der Waals surface area contributed by atoms with Gasteiger partial charge in [-0.15, -0.1) is 0 Å². The van der Waals surface area contributed by atoms with Crippen molar-refractivity contribution in [1.29, 1.82) is 0 Å². The number of nitrogens with zero attached hydrogens (tertiary/aromatic N) is 3. The van der Waals surface area contributed by atoms with E-state index in [-0.39, 0.29) is 35.4 Å². The lowest BCUT2D eigenvalue weighted by molar-refractivity contribution is -0.146. The maximum atomic E-state index is 14.7. The molecule has 8 atom stereocenters. The second-order valence-electron chi connectivity index (χ2n) is 16.5. The number of aromatic nitrogens is 2. The van der Waals surface area contributed by atoms with Crippen LogP contribution < -0.4 is 21.3 Å². The van der Waals surface area contributed by atoms with Crippen LogP contribution in [0.2, 0.25) is 0 Å². The predicted octanol–water partition coefficient (Wildman–Crippen LogP) is 3.84. The number of carbonyl (C=O) groups excluding carboxylic acids is 5. The standard InChI is InChI=1S/C41H59N7O6/c1-6-14-30(34(49)39(53)44-25(2)26-15-9-7-10-16-26)45-38(52)33-29-20-13-19-28(29)24-48(33)40(54)35(41(3,4)5)47-37(51)32(27-17-11-8-12-18-27)46-36(50)31-23-42-21-22-43-31/h7,9-10,15-16,21-23,25,27-30,32-35,49H,6,8,11-14,17-20,24H2,1-5H3,(H,44,53)(H,45,52)(H,46,50)(H,47,51)/t25-,28-,29-,30-,32-,33-,34?,35+/m0/s1. The van der Waals surface area contributed by atoms with Crippen molar-refractivity contribution in [2.45, 2.75) is 135 Å². The molecule has 13 heteroatoms. The van der Waals surface area contributed by atoms with E-state index in [0.717, 1.165) is 56.9 Å². The highest BCUT2D eigenvalue weighted by atomic mass is 16.3. The van der Waals surface area contributed by atoms with Gasteiger partial charge < -0.3 is 31.3 Å². The van der Waals surface area contributed by atoms with E-state index in [4.69, 9.17) is 0 Å². The van der Waals surface area contributed by atoms with Crippen LogP contribution in [0.4, 0.5) is 0 Å². The van der Waals surface area contributed by atoms with E-state index in [1.807, 2.05) is 65.0 Å². The van der Waals surface area contributed by atoms with E-state index in [1.165, 1.54) is 18.6 Å². The number of hydrogen-bond donors (Lipinski definition) is 5. The maximum Gasteiger partial charge on any atom is 0.272 e. The van der Waals surface area contributed by atoms with Crippen molar-refractivity contribution < 1.29 is 29.1 Å². The summed E-state index contributed by atoms with van der Waals surface area (Å²) < 4.78 is 0. The minimum Gasteiger partial charge on any atom is -0.381 e. The van der Waals surface area contributed by atoms with Gasteiger partial charge in [-0.05, 0) is 67.8 Å². The van der Waals surface area contributed by atoms with Crippen LogP contribution in [0.25, 0.3) is 0 Å². The third-order valence-corrected chi connectivity index (χ3v) is 11.6. The summed E-state index contributed by atoms with van der Waals surface area (Å²) in [7, 11) is 0. The third kappa shape index (κ3) is 9.82. The van der Waals surface area contributed by atoms with Gasteiger partial charge in [0.25, 0.3) is 11.8 Å². The molecule has 2 aromatic rings. The average molecular weight is 746 g/mol. The Hall–Kier alpha value is -4.39. The van der Waals surface area contributed by atoms with E-state index in [1.54, 1.807) is 4.90 Å². The quantitative estimate of drug-likeness (QED) is 0.193. The molecule has 1 aromatic carbocycles. The van der Waals surface area contributed by atoms with Crippen molar-refractivity contribution in [2.75, 3.05) is 6.54 Å². The fraction of sp³-hybridized carbons (Fsp3) is 0.634. The maximum absolute atomic E-state index is 14.7. The highest BCUT2D eigenvalue weighted by molar-refractivity contribution is 5.98. The highest BCUT2D eigenvalue weighted by Crippen LogP contribution is 2.43. The molecule has 3 fully saturated rings. The number of aliphatic hydroxyl groups is 1. The average Bonchev–Trinajstić information content (AvgIpc) is 3.77. The predicted molar refractivity (Wildman–Crippen MR) is 203 cm³/mol. The number of likely N-dealkylation sites (tertiary alicyclic amines) is 1. The van der Waals surface area contributed by atoms with Gasteiger partial charge in [0, 0.05) is 18.9 Å². The minimum absolute atomic E-state index is 0.0853. The zero-order valence-corrected chi connectivity index (χ0v) is 32.4. The number of carbonyl (C=O) groups is 5. The van der Waals surface area contributed by atoms with Gasteiger partial charge in [-0.25, -0.2) is 4.98 Å². The number of fused-ring (bicyclic) bond motifs is 1. The molecule has 3 aliphatic rings. The van der Waals surface area contributed by atoms with Crippen molar-refractivity contribution in [1.82, 2.24) is 36.1 Å². The Morgan fingerprint density at radius 3 is 2.26 bits per heavy atom. The molecule has 1 unspecified atom stereocenters. The molecule has 1 aliphatic heterocycles. The Kier molecular flexibility index (Phi) is 13.8. The summed E-state index contributed by atoms with van der Waals surface area (Å²) in [4.78, 5) is 79.5. The Morgan fingerprint density at radius 2 is 1.61 bits per heavy atom. The molecule has 54 heavy (non-hydrogen) atoms. The summed E-state index contributed by atoms with van der Waals surface area (Å²) in [6.07, 6.45) is 10.8. The smallest absolute Gasteiger partial charge is 0.272 e. The lowest BCUT2D eigenvalue weighted by atomic mass is 9.82. The number of rotatable bonds is 14. The van der Waals surface area contributed by atoms with Crippen molar-refractivity contribution in [2.24, 2.45) is 23.2 Å². The second kappa shape index (κ2) is 18.3. The molecule has 0 radical (unpaired) electrons. The van der Waals surface area contributed by atoms with Gasteiger partial charge in [0.15, 0.2) is 6.10 Å². The Morgan fingerprint density at radius 1 is 0.889 bits per heavy atom. The van der Waals surface area contributed by atoms with Crippen molar-refractivity contribution >= 4 is 29.5 Å². The normalized spacial score (nSPS) is 22.9. The number of benzene rings is 1. The zero-order valence-electron chi connectivity index (χ0n) is 32.4. The van der Waals surface area contributed by atoms with Gasteiger partial charge in [-0.3, -0.25) is 29.0 Å². The molecule has 2 aliphatic carbocycles. The molecule has 2 saturated carbocycles. The molecule has 294 valence electrons. The summed E-state index contributed by atoms with van der Waals surface area (Å²) in [5, 5.41) is 23.0. The van der Waals surface area contributed by atoms with E-state index in [0.29, 0.717) is 19.4 Å². The van der Waals surface area contributed by atoms with E-state index in [9.17, 15) is 29.1 Å². The first-order valence-electron chi connectivity index (χ1n) is 19.8. The van der Waals surface area contributed by atoms with E-state index in [2.05, 4.69) is 31.2 Å². The molecular weight excluding hydrogens is 686 g/mol. The number of amides is 5. The molecule has 5 rings (SSSR count). The molecular formula is C41H59N7O6. The van der Waals surface area contributed by atoms with Crippen molar-refractivity contribution in [3.8, 4) is 0 Å². The SMILES string of the molecule is CCC[C@H](NC(=O)[C@@H]1[C@H]2CCC[C@H]2CN1C(=O)[C@@H](NC(=O)[C@@H](NC(=O)c1cnccn1)C1CCCCC1)C(C)(C)C)C(O)C(=O)N[C@@H](C)c1ccccc1. The fourth-order valence-electron chi connectivity index (χ4n) is 8.61. The Balaban J connectivity index is 1.34. The summed E-state index contributed by atoms with van der Waals surface area (Å²) in [5.74, 6) is -2.40. The van der Waals surface area contributed by atoms with Gasteiger partial charge in [0.2, 0.25) is 17.7 Å². The number of nitrogens with one attached hydrogen (secondary N) is 4. The van der Waals surface area contributed by atoms with Crippen LogP contribution in [0, 0.1) is 23.2 Å². The van der Waals surface area contributed by atoms with Gasteiger partial charge in [0.05, 0.1) is 18.3 Å². The Bertz CT molecular complexity index is 1600. The summed E-state index contributed by atoms with van der Waals surface area (Å²) >= 11 is 0. The molecule has 1 aromatic heterocycles. The van der Waals surface area contributed by atoms with Gasteiger partial charge in [-0.1, -0.05) is 90.1 Å².